The number of halogens is 1. The van der Waals surface area contributed by atoms with Gasteiger partial charge in [-0.3, -0.25) is 9.88 Å². The highest BCUT2D eigenvalue weighted by molar-refractivity contribution is 5.81. The van der Waals surface area contributed by atoms with Gasteiger partial charge in [0.1, 0.15) is 5.82 Å². The first kappa shape index (κ1) is 13.5. The number of hydrogen-bond donors (Lipinski definition) is 1. The molecule has 1 fully saturated rings. The Morgan fingerprint density at radius 3 is 3.20 bits per heavy atom. The third-order valence-corrected chi connectivity index (χ3v) is 4.06. The Bertz CT molecular complexity index is 599. The van der Waals surface area contributed by atoms with Crippen LogP contribution in [-0.2, 0) is 6.54 Å². The number of likely N-dealkylation sites (N-methyl/N-ethyl adjacent to an activating group) is 1. The van der Waals surface area contributed by atoms with Crippen molar-refractivity contribution in [1.82, 2.24) is 15.2 Å². The average Bonchev–Trinajstić information content (AvgIpc) is 2.86. The molecule has 1 aliphatic heterocycles. The molecule has 3 rings (SSSR count). The van der Waals surface area contributed by atoms with Crippen molar-refractivity contribution in [3.05, 3.63) is 41.8 Å². The smallest absolute Gasteiger partial charge is 0.124 e. The monoisotopic (exact) mass is 273 g/mol. The molecule has 106 valence electrons. The Balaban J connectivity index is 1.90. The minimum absolute atomic E-state index is 0.176. The first-order valence-corrected chi connectivity index (χ1v) is 7.20. The maximum absolute atomic E-state index is 13.8. The lowest BCUT2D eigenvalue weighted by Crippen LogP contribution is -2.36. The molecule has 4 heteroatoms. The molecule has 0 radical (unpaired) electrons. The molecule has 3 nitrogen and oxygen atoms in total. The number of fused-ring (bicyclic) bond motifs is 1. The maximum Gasteiger partial charge on any atom is 0.124 e. The summed E-state index contributed by atoms with van der Waals surface area (Å²) >= 11 is 0. The molecule has 1 aromatic heterocycles. The first-order chi connectivity index (χ1) is 9.78. The molecule has 0 amide bonds. The van der Waals surface area contributed by atoms with Gasteiger partial charge in [0.2, 0.25) is 0 Å². The lowest BCUT2D eigenvalue weighted by Gasteiger charge is -2.24. The summed E-state index contributed by atoms with van der Waals surface area (Å²) in [5.41, 5.74) is 1.91. The highest BCUT2D eigenvalue weighted by Crippen LogP contribution is 2.24. The summed E-state index contributed by atoms with van der Waals surface area (Å²) in [6, 6.07) is 7.50. The molecule has 1 saturated heterocycles. The van der Waals surface area contributed by atoms with E-state index in [0.29, 0.717) is 6.04 Å². The summed E-state index contributed by atoms with van der Waals surface area (Å²) in [6.07, 6.45) is 4.20. The van der Waals surface area contributed by atoms with Crippen molar-refractivity contribution in [1.29, 1.82) is 0 Å². The highest BCUT2D eigenvalue weighted by Gasteiger charge is 2.24. The van der Waals surface area contributed by atoms with E-state index in [1.54, 1.807) is 18.3 Å². The van der Waals surface area contributed by atoms with E-state index in [-0.39, 0.29) is 5.82 Å². The molecule has 2 heterocycles. The van der Waals surface area contributed by atoms with Gasteiger partial charge in [-0.05, 0) is 50.2 Å². The van der Waals surface area contributed by atoms with Crippen LogP contribution in [0.15, 0.2) is 30.5 Å². The molecule has 0 spiro atoms. The Labute approximate surface area is 118 Å². The van der Waals surface area contributed by atoms with Crippen LogP contribution >= 0.6 is 0 Å². The zero-order valence-electron chi connectivity index (χ0n) is 11.8. The molecule has 0 saturated carbocycles. The number of likely N-dealkylation sites (tertiary alicyclic amines) is 1. The molecule has 1 aromatic carbocycles. The van der Waals surface area contributed by atoms with E-state index < -0.39 is 0 Å². The number of nitrogens with one attached hydrogen (secondary N) is 1. The van der Waals surface area contributed by atoms with E-state index in [2.05, 4.69) is 15.2 Å². The van der Waals surface area contributed by atoms with Gasteiger partial charge in [0, 0.05) is 30.7 Å². The van der Waals surface area contributed by atoms with E-state index in [4.69, 9.17) is 0 Å². The van der Waals surface area contributed by atoms with Crippen LogP contribution in [0.1, 0.15) is 18.4 Å². The van der Waals surface area contributed by atoms with E-state index in [1.165, 1.54) is 12.8 Å². The topological polar surface area (TPSA) is 28.2 Å². The number of aromatic nitrogens is 1. The summed E-state index contributed by atoms with van der Waals surface area (Å²) in [6.45, 7) is 2.84. The molecule has 0 aliphatic carbocycles. The van der Waals surface area contributed by atoms with Crippen molar-refractivity contribution in [2.45, 2.75) is 25.4 Å². The Kier molecular flexibility index (Phi) is 3.94. The van der Waals surface area contributed by atoms with Crippen molar-refractivity contribution in [2.75, 3.05) is 20.1 Å². The van der Waals surface area contributed by atoms with Crippen molar-refractivity contribution < 1.29 is 4.39 Å². The summed E-state index contributed by atoms with van der Waals surface area (Å²) in [5, 5.41) is 4.12. The number of benzene rings is 1. The second-order valence-corrected chi connectivity index (χ2v) is 5.46. The number of pyridine rings is 1. The van der Waals surface area contributed by atoms with Crippen LogP contribution in [0.25, 0.3) is 10.9 Å². The lowest BCUT2D eigenvalue weighted by molar-refractivity contribution is 0.243. The minimum atomic E-state index is -0.176. The summed E-state index contributed by atoms with van der Waals surface area (Å²) < 4.78 is 13.8. The van der Waals surface area contributed by atoms with Crippen LogP contribution in [-0.4, -0.2) is 36.1 Å². The van der Waals surface area contributed by atoms with Crippen molar-refractivity contribution in [3.8, 4) is 0 Å². The Morgan fingerprint density at radius 2 is 2.35 bits per heavy atom. The molecular formula is C16H20FN3. The van der Waals surface area contributed by atoms with Gasteiger partial charge in [-0.25, -0.2) is 4.39 Å². The molecule has 1 N–H and O–H groups in total. The quantitative estimate of drug-likeness (QED) is 0.928. The van der Waals surface area contributed by atoms with Gasteiger partial charge in [0.05, 0.1) is 5.52 Å². The van der Waals surface area contributed by atoms with Crippen molar-refractivity contribution >= 4 is 10.9 Å². The minimum Gasteiger partial charge on any atom is -0.318 e. The Hall–Kier alpha value is -1.52. The van der Waals surface area contributed by atoms with E-state index in [0.717, 1.165) is 36.1 Å². The third kappa shape index (κ3) is 2.67. The molecule has 1 unspecified atom stereocenters. The lowest BCUT2D eigenvalue weighted by atomic mass is 10.1. The molecule has 1 atom stereocenters. The summed E-state index contributed by atoms with van der Waals surface area (Å²) in [7, 11) is 1.98. The largest absolute Gasteiger partial charge is 0.318 e. The fraction of sp³-hybridized carbons (Fsp3) is 0.438. The fourth-order valence-corrected chi connectivity index (χ4v) is 3.14. The van der Waals surface area contributed by atoms with E-state index >= 15 is 0 Å². The van der Waals surface area contributed by atoms with Gasteiger partial charge in [0.25, 0.3) is 0 Å². The molecule has 0 bridgehead atoms. The van der Waals surface area contributed by atoms with Crippen LogP contribution in [0.3, 0.4) is 0 Å². The SMILES string of the molecule is CNCC1CCCN1Cc1cc(F)cc2cccnc12. The maximum atomic E-state index is 13.8. The van der Waals surface area contributed by atoms with E-state index in [1.807, 2.05) is 19.2 Å². The summed E-state index contributed by atoms with van der Waals surface area (Å²) in [5.74, 6) is -0.176. The second kappa shape index (κ2) is 5.85. The third-order valence-electron chi connectivity index (χ3n) is 4.06. The molecule has 2 aromatic rings. The van der Waals surface area contributed by atoms with Crippen molar-refractivity contribution in [3.63, 3.8) is 0 Å². The van der Waals surface area contributed by atoms with Gasteiger partial charge in [-0.2, -0.15) is 0 Å². The van der Waals surface area contributed by atoms with E-state index in [9.17, 15) is 4.39 Å². The number of rotatable bonds is 4. The zero-order chi connectivity index (χ0) is 13.9. The van der Waals surface area contributed by atoms with Crippen molar-refractivity contribution in [2.24, 2.45) is 0 Å². The van der Waals surface area contributed by atoms with Gasteiger partial charge >= 0.3 is 0 Å². The highest BCUT2D eigenvalue weighted by atomic mass is 19.1. The zero-order valence-corrected chi connectivity index (χ0v) is 11.8. The van der Waals surface area contributed by atoms with Gasteiger partial charge < -0.3 is 5.32 Å². The average molecular weight is 273 g/mol. The number of nitrogens with zero attached hydrogens (tertiary/aromatic N) is 2. The summed E-state index contributed by atoms with van der Waals surface area (Å²) in [4.78, 5) is 6.86. The van der Waals surface area contributed by atoms with Crippen LogP contribution in [0.4, 0.5) is 4.39 Å². The van der Waals surface area contributed by atoms with Crippen LogP contribution in [0, 0.1) is 5.82 Å². The molecular weight excluding hydrogens is 253 g/mol. The Morgan fingerprint density at radius 1 is 1.45 bits per heavy atom. The van der Waals surface area contributed by atoms with Crippen LogP contribution in [0.2, 0.25) is 0 Å². The predicted octanol–water partition coefficient (Wildman–Crippen LogP) is 2.56. The fourth-order valence-electron chi connectivity index (χ4n) is 3.14. The van der Waals surface area contributed by atoms with Crippen LogP contribution < -0.4 is 5.32 Å². The van der Waals surface area contributed by atoms with Gasteiger partial charge in [-0.15, -0.1) is 0 Å². The standard InChI is InChI=1S/C16H20FN3/c1-18-10-15-5-3-7-20(15)11-13-9-14(17)8-12-4-2-6-19-16(12)13/h2,4,6,8-9,15,18H,3,5,7,10-11H2,1H3. The van der Waals surface area contributed by atoms with Gasteiger partial charge in [0.15, 0.2) is 0 Å². The molecule has 1 aliphatic rings. The number of hydrogen-bond acceptors (Lipinski definition) is 3. The normalized spacial score (nSPS) is 19.8. The van der Waals surface area contributed by atoms with Gasteiger partial charge in [-0.1, -0.05) is 6.07 Å². The molecule has 20 heavy (non-hydrogen) atoms. The predicted molar refractivity (Wildman–Crippen MR) is 79.1 cm³/mol. The second-order valence-electron chi connectivity index (χ2n) is 5.46. The van der Waals surface area contributed by atoms with Crippen LogP contribution in [0.5, 0.6) is 0 Å². The first-order valence-electron chi connectivity index (χ1n) is 7.20.